The van der Waals surface area contributed by atoms with Crippen molar-refractivity contribution in [3.63, 3.8) is 0 Å². The molecule has 5 nitrogen and oxygen atoms in total. The van der Waals surface area contributed by atoms with Crippen LogP contribution in [-0.4, -0.2) is 19.6 Å². The predicted molar refractivity (Wildman–Crippen MR) is 95.6 cm³/mol. The zero-order valence-corrected chi connectivity index (χ0v) is 14.2. The van der Waals surface area contributed by atoms with Crippen LogP contribution in [0.25, 0.3) is 10.9 Å². The number of hydrogen-bond acceptors (Lipinski definition) is 4. The lowest BCUT2D eigenvalue weighted by Gasteiger charge is -2.07. The first-order valence-electron chi connectivity index (χ1n) is 7.43. The van der Waals surface area contributed by atoms with Crippen molar-refractivity contribution < 1.29 is 8.42 Å². The van der Waals surface area contributed by atoms with Crippen molar-refractivity contribution in [3.8, 4) is 0 Å². The highest BCUT2D eigenvalue weighted by Gasteiger charge is 2.15. The zero-order valence-electron chi connectivity index (χ0n) is 13.4. The lowest BCUT2D eigenvalue weighted by Crippen LogP contribution is -2.19. The van der Waals surface area contributed by atoms with E-state index in [1.54, 1.807) is 25.3 Å². The van der Waals surface area contributed by atoms with E-state index in [1.807, 2.05) is 43.3 Å². The molecule has 0 aliphatic carbocycles. The Kier molecular flexibility index (Phi) is 4.31. The highest BCUT2D eigenvalue weighted by molar-refractivity contribution is 7.89. The summed E-state index contributed by atoms with van der Waals surface area (Å²) >= 11 is 0. The van der Waals surface area contributed by atoms with E-state index in [9.17, 15) is 8.42 Å². The van der Waals surface area contributed by atoms with Crippen LogP contribution in [0.4, 0.5) is 0 Å². The summed E-state index contributed by atoms with van der Waals surface area (Å²) in [7, 11) is -3.69. The zero-order chi connectivity index (χ0) is 17.2. The number of pyridine rings is 1. The third-order valence-corrected chi connectivity index (χ3v) is 5.01. The standard InChI is InChI=1S/C18H17N3O2S/c1-13-5-6-14(2)18(10-13)24(22,23)21-20-12-15-7-8-17-16(11-15)4-3-9-19-17/h3-12,21H,1-2H3/b20-12+. The molecule has 3 aromatic rings. The largest absolute Gasteiger partial charge is 0.276 e. The summed E-state index contributed by atoms with van der Waals surface area (Å²) in [6.07, 6.45) is 3.21. The normalized spacial score (nSPS) is 11.9. The topological polar surface area (TPSA) is 71.4 Å². The van der Waals surface area contributed by atoms with Crippen LogP contribution in [0.3, 0.4) is 0 Å². The van der Waals surface area contributed by atoms with Crippen molar-refractivity contribution in [1.82, 2.24) is 9.82 Å². The molecule has 0 atom stereocenters. The molecule has 122 valence electrons. The number of fused-ring (bicyclic) bond motifs is 1. The van der Waals surface area contributed by atoms with Crippen LogP contribution in [0, 0.1) is 13.8 Å². The van der Waals surface area contributed by atoms with Gasteiger partial charge in [0.25, 0.3) is 10.0 Å². The van der Waals surface area contributed by atoms with Gasteiger partial charge in [0.2, 0.25) is 0 Å². The fraction of sp³-hybridized carbons (Fsp3) is 0.111. The first kappa shape index (κ1) is 16.1. The summed E-state index contributed by atoms with van der Waals surface area (Å²) in [6, 6.07) is 14.7. The number of aryl methyl sites for hydroxylation is 2. The summed E-state index contributed by atoms with van der Waals surface area (Å²) < 4.78 is 24.7. The molecule has 0 radical (unpaired) electrons. The number of sulfonamides is 1. The Bertz CT molecular complexity index is 1030. The monoisotopic (exact) mass is 339 g/mol. The minimum Gasteiger partial charge on any atom is -0.256 e. The maximum absolute atomic E-state index is 12.4. The maximum Gasteiger partial charge on any atom is 0.276 e. The van der Waals surface area contributed by atoms with Gasteiger partial charge in [0.1, 0.15) is 0 Å². The average molecular weight is 339 g/mol. The van der Waals surface area contributed by atoms with Crippen LogP contribution < -0.4 is 4.83 Å². The van der Waals surface area contributed by atoms with Gasteiger partial charge in [-0.25, -0.2) is 4.83 Å². The molecule has 1 aromatic heterocycles. The molecule has 24 heavy (non-hydrogen) atoms. The van der Waals surface area contributed by atoms with Crippen LogP contribution in [0.1, 0.15) is 16.7 Å². The third kappa shape index (κ3) is 3.44. The number of hydrazone groups is 1. The molecule has 2 aromatic carbocycles. The summed E-state index contributed by atoms with van der Waals surface area (Å²) in [5.74, 6) is 0. The van der Waals surface area contributed by atoms with Gasteiger partial charge in [-0.05, 0) is 54.8 Å². The Morgan fingerprint density at radius 2 is 1.92 bits per heavy atom. The fourth-order valence-electron chi connectivity index (χ4n) is 2.39. The van der Waals surface area contributed by atoms with E-state index in [4.69, 9.17) is 0 Å². The van der Waals surface area contributed by atoms with E-state index in [-0.39, 0.29) is 4.90 Å². The van der Waals surface area contributed by atoms with Crippen molar-refractivity contribution in [2.24, 2.45) is 5.10 Å². The Balaban J connectivity index is 1.82. The van der Waals surface area contributed by atoms with E-state index in [0.717, 1.165) is 22.0 Å². The molecule has 6 heteroatoms. The highest BCUT2D eigenvalue weighted by atomic mass is 32.2. The van der Waals surface area contributed by atoms with Crippen LogP contribution >= 0.6 is 0 Å². The van der Waals surface area contributed by atoms with E-state index in [0.29, 0.717) is 5.56 Å². The molecule has 0 saturated heterocycles. The van der Waals surface area contributed by atoms with Gasteiger partial charge in [-0.2, -0.15) is 13.5 Å². The van der Waals surface area contributed by atoms with Gasteiger partial charge in [0.05, 0.1) is 16.6 Å². The first-order valence-corrected chi connectivity index (χ1v) is 8.91. The molecule has 0 amide bonds. The minimum absolute atomic E-state index is 0.238. The number of nitrogens with zero attached hydrogens (tertiary/aromatic N) is 2. The summed E-state index contributed by atoms with van der Waals surface area (Å²) in [6.45, 7) is 3.61. The van der Waals surface area contributed by atoms with Gasteiger partial charge in [-0.1, -0.05) is 24.3 Å². The lowest BCUT2D eigenvalue weighted by atomic mass is 10.1. The second-order valence-electron chi connectivity index (χ2n) is 5.58. The quantitative estimate of drug-likeness (QED) is 0.586. The molecule has 0 aliphatic heterocycles. The Morgan fingerprint density at radius 3 is 2.75 bits per heavy atom. The predicted octanol–water partition coefficient (Wildman–Crippen LogP) is 3.16. The van der Waals surface area contributed by atoms with Crippen LogP contribution in [0.5, 0.6) is 0 Å². The smallest absolute Gasteiger partial charge is 0.256 e. The molecule has 0 aliphatic rings. The van der Waals surface area contributed by atoms with E-state index in [1.165, 1.54) is 6.21 Å². The molecule has 0 spiro atoms. The van der Waals surface area contributed by atoms with E-state index < -0.39 is 10.0 Å². The van der Waals surface area contributed by atoms with E-state index in [2.05, 4.69) is 14.9 Å². The van der Waals surface area contributed by atoms with Gasteiger partial charge < -0.3 is 0 Å². The van der Waals surface area contributed by atoms with Gasteiger partial charge in [0.15, 0.2) is 0 Å². The summed E-state index contributed by atoms with van der Waals surface area (Å²) in [5, 5.41) is 4.86. The number of hydrogen-bond donors (Lipinski definition) is 1. The molecule has 0 unspecified atom stereocenters. The molecule has 1 N–H and O–H groups in total. The molecule has 0 fully saturated rings. The van der Waals surface area contributed by atoms with Crippen molar-refractivity contribution >= 4 is 27.1 Å². The van der Waals surface area contributed by atoms with Crippen molar-refractivity contribution in [3.05, 3.63) is 71.4 Å². The van der Waals surface area contributed by atoms with Crippen molar-refractivity contribution in [2.75, 3.05) is 0 Å². The molecular formula is C18H17N3O2S. The van der Waals surface area contributed by atoms with Gasteiger partial charge in [0, 0.05) is 11.6 Å². The summed E-state index contributed by atoms with van der Waals surface area (Å²) in [5.41, 5.74) is 3.23. The third-order valence-electron chi connectivity index (χ3n) is 3.65. The number of benzene rings is 2. The minimum atomic E-state index is -3.69. The van der Waals surface area contributed by atoms with Crippen LogP contribution in [0.2, 0.25) is 0 Å². The van der Waals surface area contributed by atoms with Crippen molar-refractivity contribution in [1.29, 1.82) is 0 Å². The second kappa shape index (κ2) is 6.41. The number of aromatic nitrogens is 1. The maximum atomic E-state index is 12.4. The Morgan fingerprint density at radius 1 is 1.08 bits per heavy atom. The molecule has 0 bridgehead atoms. The highest BCUT2D eigenvalue weighted by Crippen LogP contribution is 2.16. The Hall–Kier alpha value is -2.73. The molecule has 3 rings (SSSR count). The number of rotatable bonds is 4. The van der Waals surface area contributed by atoms with Crippen molar-refractivity contribution in [2.45, 2.75) is 18.7 Å². The molecular weight excluding hydrogens is 322 g/mol. The van der Waals surface area contributed by atoms with Gasteiger partial charge in [-0.15, -0.1) is 0 Å². The van der Waals surface area contributed by atoms with Gasteiger partial charge in [-0.3, -0.25) is 4.98 Å². The average Bonchev–Trinajstić information content (AvgIpc) is 2.56. The fourth-order valence-corrected chi connectivity index (χ4v) is 3.51. The number of nitrogens with one attached hydrogen (secondary N) is 1. The SMILES string of the molecule is Cc1ccc(C)c(S(=O)(=O)N/N=C/c2ccc3ncccc3c2)c1. The Labute approximate surface area is 141 Å². The molecule has 1 heterocycles. The second-order valence-corrected chi connectivity index (χ2v) is 7.21. The van der Waals surface area contributed by atoms with E-state index >= 15 is 0 Å². The lowest BCUT2D eigenvalue weighted by molar-refractivity contribution is 0.584. The molecule has 0 saturated carbocycles. The van der Waals surface area contributed by atoms with Crippen LogP contribution in [0.15, 0.2) is 64.7 Å². The summed E-state index contributed by atoms with van der Waals surface area (Å²) in [4.78, 5) is 6.75. The van der Waals surface area contributed by atoms with Crippen LogP contribution in [-0.2, 0) is 10.0 Å². The first-order chi connectivity index (χ1) is 11.5. The van der Waals surface area contributed by atoms with Gasteiger partial charge >= 0.3 is 0 Å².